The Morgan fingerprint density at radius 3 is 1.68 bits per heavy atom. The minimum absolute atomic E-state index is 0.0227. The van der Waals surface area contributed by atoms with Crippen molar-refractivity contribution in [2.75, 3.05) is 23.0 Å². The minimum Gasteiger partial charge on any atom is -0.229 e. The maximum absolute atomic E-state index is 13.1. The van der Waals surface area contributed by atoms with Crippen molar-refractivity contribution in [3.63, 3.8) is 0 Å². The molecule has 2 saturated heterocycles. The maximum Gasteiger partial charge on any atom is 0.243 e. The molecule has 2 fully saturated rings. The molecule has 2 heterocycles. The van der Waals surface area contributed by atoms with Crippen LogP contribution in [0, 0.1) is 0 Å². The Hall–Kier alpha value is -0.680. The molecule has 25 heavy (non-hydrogen) atoms. The molecule has 3 rings (SSSR count). The summed E-state index contributed by atoms with van der Waals surface area (Å²) in [5, 5.41) is 0.373. The summed E-state index contributed by atoms with van der Waals surface area (Å²) < 4.78 is 74.7. The van der Waals surface area contributed by atoms with Gasteiger partial charge in [-0.05, 0) is 37.1 Å². The van der Waals surface area contributed by atoms with E-state index in [0.29, 0.717) is 5.02 Å². The van der Waals surface area contributed by atoms with Crippen molar-refractivity contribution in [1.29, 1.82) is 0 Å². The highest BCUT2D eigenvalue weighted by Crippen LogP contribution is 2.31. The minimum atomic E-state index is -4.04. The second-order valence-electron chi connectivity index (χ2n) is 6.40. The van der Waals surface area contributed by atoms with E-state index >= 15 is 0 Å². The van der Waals surface area contributed by atoms with Crippen molar-refractivity contribution in [2.45, 2.75) is 29.8 Å². The topological polar surface area (TPSA) is 106 Å². The van der Waals surface area contributed by atoms with E-state index in [-0.39, 0.29) is 40.7 Å². The van der Waals surface area contributed by atoms with Crippen LogP contribution in [0.4, 0.5) is 0 Å². The Morgan fingerprint density at radius 2 is 1.32 bits per heavy atom. The van der Waals surface area contributed by atoms with Gasteiger partial charge in [-0.2, -0.15) is 4.31 Å². The number of halogens is 1. The lowest BCUT2D eigenvalue weighted by atomic mass is 10.2. The van der Waals surface area contributed by atoms with Crippen molar-refractivity contribution in [2.24, 2.45) is 0 Å². The zero-order valence-electron chi connectivity index (χ0n) is 13.2. The summed E-state index contributed by atoms with van der Waals surface area (Å²) in [6, 6.07) is 4.06. The molecular weight excluding hydrogens is 410 g/mol. The quantitative estimate of drug-likeness (QED) is 0.700. The van der Waals surface area contributed by atoms with Crippen LogP contribution < -0.4 is 0 Å². The van der Waals surface area contributed by atoms with Gasteiger partial charge in [0.05, 0.1) is 27.9 Å². The molecule has 0 aliphatic carbocycles. The van der Waals surface area contributed by atoms with E-state index in [0.717, 1.165) is 4.31 Å². The van der Waals surface area contributed by atoms with Gasteiger partial charge in [0.2, 0.25) is 10.0 Å². The predicted octanol–water partition coefficient (Wildman–Crippen LogP) is 0.705. The SMILES string of the molecule is O=S1(=O)CC[C@@H](N([C@@H]2CCS(=O)(=O)C2)S(=O)(=O)c2ccc(Cl)cc2)C1. The summed E-state index contributed by atoms with van der Waals surface area (Å²) in [4.78, 5) is -0.0227. The fourth-order valence-corrected chi connectivity index (χ4v) is 8.98. The van der Waals surface area contributed by atoms with Gasteiger partial charge in [-0.15, -0.1) is 0 Å². The first-order chi connectivity index (χ1) is 11.5. The largest absolute Gasteiger partial charge is 0.243 e. The van der Waals surface area contributed by atoms with Crippen molar-refractivity contribution in [1.82, 2.24) is 4.31 Å². The molecule has 1 aromatic carbocycles. The summed E-state index contributed by atoms with van der Waals surface area (Å²) in [5.74, 6) is -0.750. The van der Waals surface area contributed by atoms with Crippen molar-refractivity contribution in [3.05, 3.63) is 29.3 Å². The van der Waals surface area contributed by atoms with Crippen LogP contribution in [0.3, 0.4) is 0 Å². The van der Waals surface area contributed by atoms with Gasteiger partial charge < -0.3 is 0 Å². The standard InChI is InChI=1S/C14H18ClNO6S3/c15-11-1-3-14(4-2-11)25(21,22)16(12-5-7-23(17,18)9-12)13-6-8-24(19,20)10-13/h1-4,12-13H,5-10H2/t12-,13-/m1/s1. The number of nitrogens with zero attached hydrogens (tertiary/aromatic N) is 1. The Bertz CT molecular complexity index is 926. The van der Waals surface area contributed by atoms with Gasteiger partial charge in [0.1, 0.15) is 0 Å². The van der Waals surface area contributed by atoms with E-state index < -0.39 is 41.8 Å². The Morgan fingerprint density at radius 1 is 0.880 bits per heavy atom. The predicted molar refractivity (Wildman–Crippen MR) is 94.6 cm³/mol. The molecule has 0 spiro atoms. The van der Waals surface area contributed by atoms with E-state index in [4.69, 9.17) is 11.6 Å². The summed E-state index contributed by atoms with van der Waals surface area (Å²) >= 11 is 5.80. The molecule has 2 aliphatic heterocycles. The number of hydrogen-bond donors (Lipinski definition) is 0. The molecule has 0 N–H and O–H groups in total. The number of benzene rings is 1. The molecule has 7 nitrogen and oxygen atoms in total. The van der Waals surface area contributed by atoms with Crippen LogP contribution in [-0.4, -0.2) is 64.7 Å². The summed E-state index contributed by atoms with van der Waals surface area (Å²) in [7, 11) is -10.7. The molecule has 0 bridgehead atoms. The van der Waals surface area contributed by atoms with Crippen molar-refractivity contribution >= 4 is 41.3 Å². The average Bonchev–Trinajstić information content (AvgIpc) is 3.02. The molecule has 11 heteroatoms. The van der Waals surface area contributed by atoms with Crippen molar-refractivity contribution < 1.29 is 25.3 Å². The molecule has 140 valence electrons. The highest BCUT2D eigenvalue weighted by atomic mass is 35.5. The molecule has 0 unspecified atom stereocenters. The fourth-order valence-electron chi connectivity index (χ4n) is 3.37. The number of sulfonamides is 1. The fraction of sp³-hybridized carbons (Fsp3) is 0.571. The van der Waals surface area contributed by atoms with Crippen LogP contribution in [-0.2, 0) is 29.7 Å². The van der Waals surface area contributed by atoms with Crippen LogP contribution in [0.1, 0.15) is 12.8 Å². The maximum atomic E-state index is 13.1. The molecule has 2 atom stereocenters. The van der Waals surface area contributed by atoms with E-state index in [9.17, 15) is 25.3 Å². The molecule has 0 saturated carbocycles. The lowest BCUT2D eigenvalue weighted by Crippen LogP contribution is -2.48. The Kier molecular flexibility index (Phi) is 4.95. The first-order valence-corrected chi connectivity index (χ1v) is 13.2. The van der Waals surface area contributed by atoms with E-state index in [2.05, 4.69) is 0 Å². The number of hydrogen-bond acceptors (Lipinski definition) is 6. The normalized spacial score (nSPS) is 28.4. The van der Waals surface area contributed by atoms with Gasteiger partial charge in [0.15, 0.2) is 19.7 Å². The monoisotopic (exact) mass is 427 g/mol. The molecule has 0 amide bonds. The molecule has 0 radical (unpaired) electrons. The van der Waals surface area contributed by atoms with Crippen LogP contribution in [0.5, 0.6) is 0 Å². The van der Waals surface area contributed by atoms with Crippen LogP contribution in [0.15, 0.2) is 29.2 Å². The zero-order chi connectivity index (χ0) is 18.5. The van der Waals surface area contributed by atoms with Gasteiger partial charge in [-0.3, -0.25) is 0 Å². The Labute approximate surface area is 152 Å². The van der Waals surface area contributed by atoms with Gasteiger partial charge in [-0.1, -0.05) is 11.6 Å². The summed E-state index contributed by atoms with van der Waals surface area (Å²) in [6.07, 6.45) is 0.345. The number of sulfone groups is 2. The van der Waals surface area contributed by atoms with Gasteiger partial charge in [0, 0.05) is 17.1 Å². The third-order valence-electron chi connectivity index (χ3n) is 4.53. The van der Waals surface area contributed by atoms with Gasteiger partial charge in [0.25, 0.3) is 0 Å². The lowest BCUT2D eigenvalue weighted by Gasteiger charge is -2.32. The molecule has 2 aliphatic rings. The van der Waals surface area contributed by atoms with Crippen LogP contribution in [0.25, 0.3) is 0 Å². The summed E-state index contributed by atoms with van der Waals surface area (Å²) in [5.41, 5.74) is 0. The average molecular weight is 428 g/mol. The van der Waals surface area contributed by atoms with Crippen LogP contribution >= 0.6 is 11.6 Å². The van der Waals surface area contributed by atoms with E-state index in [1.54, 1.807) is 0 Å². The van der Waals surface area contributed by atoms with Gasteiger partial charge in [-0.25, -0.2) is 25.3 Å². The highest BCUT2D eigenvalue weighted by molar-refractivity contribution is 7.92. The smallest absolute Gasteiger partial charge is 0.229 e. The van der Waals surface area contributed by atoms with E-state index in [1.807, 2.05) is 0 Å². The molecule has 0 aromatic heterocycles. The van der Waals surface area contributed by atoms with Crippen molar-refractivity contribution in [3.8, 4) is 0 Å². The highest BCUT2D eigenvalue weighted by Gasteiger charge is 2.45. The zero-order valence-corrected chi connectivity index (χ0v) is 16.4. The Balaban J connectivity index is 2.03. The third kappa shape index (κ3) is 4.02. The first-order valence-electron chi connectivity index (χ1n) is 7.70. The molecule has 1 aromatic rings. The summed E-state index contributed by atoms with van der Waals surface area (Å²) in [6.45, 7) is 0. The van der Waals surface area contributed by atoms with Crippen LogP contribution in [0.2, 0.25) is 5.02 Å². The van der Waals surface area contributed by atoms with E-state index in [1.165, 1.54) is 24.3 Å². The lowest BCUT2D eigenvalue weighted by molar-refractivity contribution is 0.280. The number of rotatable bonds is 4. The third-order valence-corrected chi connectivity index (χ3v) is 10.3. The first kappa shape index (κ1) is 19.1. The second-order valence-corrected chi connectivity index (χ2v) is 13.1. The molecular formula is C14H18ClNO6S3. The van der Waals surface area contributed by atoms with Gasteiger partial charge >= 0.3 is 0 Å². The second kappa shape index (κ2) is 6.49.